The standard InChI is InChI=1S/C11H7F3N2O3/c12-11(13,14)10(17)7-3-4-8(16(18)19)9-6(7)2-1-5-15-9/h1-5,10,17H. The molecule has 0 radical (unpaired) electrons. The molecule has 0 aliphatic rings. The van der Waals surface area contributed by atoms with Crippen molar-refractivity contribution in [3.8, 4) is 0 Å². The highest BCUT2D eigenvalue weighted by atomic mass is 19.4. The molecule has 0 saturated heterocycles. The maximum atomic E-state index is 12.5. The van der Waals surface area contributed by atoms with Gasteiger partial charge in [-0.25, -0.2) is 4.98 Å². The van der Waals surface area contributed by atoms with Gasteiger partial charge in [0.2, 0.25) is 0 Å². The van der Waals surface area contributed by atoms with E-state index in [2.05, 4.69) is 4.98 Å². The Balaban J connectivity index is 2.72. The summed E-state index contributed by atoms with van der Waals surface area (Å²) in [6.07, 6.45) is -6.32. The number of hydrogen-bond donors (Lipinski definition) is 1. The van der Waals surface area contributed by atoms with Gasteiger partial charge in [0, 0.05) is 17.6 Å². The molecule has 2 rings (SSSR count). The van der Waals surface area contributed by atoms with Crippen molar-refractivity contribution in [2.75, 3.05) is 0 Å². The number of nitrogens with zero attached hydrogens (tertiary/aromatic N) is 2. The Labute approximate surface area is 104 Å². The fourth-order valence-electron chi connectivity index (χ4n) is 1.74. The number of aromatic nitrogens is 1. The van der Waals surface area contributed by atoms with E-state index in [1.54, 1.807) is 0 Å². The molecule has 0 spiro atoms. The van der Waals surface area contributed by atoms with Gasteiger partial charge in [-0.2, -0.15) is 13.2 Å². The van der Waals surface area contributed by atoms with Crippen LogP contribution in [-0.2, 0) is 0 Å². The van der Waals surface area contributed by atoms with Gasteiger partial charge in [-0.1, -0.05) is 6.07 Å². The molecule has 1 aromatic heterocycles. The van der Waals surface area contributed by atoms with Crippen LogP contribution in [0.15, 0.2) is 30.5 Å². The third kappa shape index (κ3) is 2.34. The van der Waals surface area contributed by atoms with Crippen LogP contribution in [0.5, 0.6) is 0 Å². The molecule has 5 nitrogen and oxygen atoms in total. The smallest absolute Gasteiger partial charge is 0.379 e. The Morgan fingerprint density at radius 1 is 1.32 bits per heavy atom. The molecule has 1 N–H and O–H groups in total. The fourth-order valence-corrected chi connectivity index (χ4v) is 1.74. The number of aliphatic hydroxyl groups is 1. The van der Waals surface area contributed by atoms with Gasteiger partial charge in [-0.15, -0.1) is 0 Å². The number of aliphatic hydroxyl groups excluding tert-OH is 1. The summed E-state index contributed by atoms with van der Waals surface area (Å²) in [4.78, 5) is 13.7. The first-order chi connectivity index (χ1) is 8.82. The first kappa shape index (κ1) is 13.2. The van der Waals surface area contributed by atoms with E-state index in [4.69, 9.17) is 0 Å². The number of hydrogen-bond acceptors (Lipinski definition) is 4. The number of nitro groups is 1. The Hall–Kier alpha value is -2.22. The van der Waals surface area contributed by atoms with Crippen molar-refractivity contribution in [3.05, 3.63) is 46.1 Å². The molecule has 1 unspecified atom stereocenters. The lowest BCUT2D eigenvalue weighted by Gasteiger charge is -2.16. The molecular formula is C11H7F3N2O3. The van der Waals surface area contributed by atoms with Crippen LogP contribution < -0.4 is 0 Å². The molecular weight excluding hydrogens is 265 g/mol. The maximum Gasteiger partial charge on any atom is 0.418 e. The van der Waals surface area contributed by atoms with Gasteiger partial charge in [0.05, 0.1) is 4.92 Å². The first-order valence-corrected chi connectivity index (χ1v) is 5.09. The van der Waals surface area contributed by atoms with Crippen LogP contribution in [0.4, 0.5) is 18.9 Å². The van der Waals surface area contributed by atoms with Crippen LogP contribution in [0.1, 0.15) is 11.7 Å². The van der Waals surface area contributed by atoms with Gasteiger partial charge >= 0.3 is 6.18 Å². The summed E-state index contributed by atoms with van der Waals surface area (Å²) >= 11 is 0. The van der Waals surface area contributed by atoms with Gasteiger partial charge in [-0.05, 0) is 17.7 Å². The number of non-ortho nitro benzene ring substituents is 1. The van der Waals surface area contributed by atoms with Crippen molar-refractivity contribution in [2.45, 2.75) is 12.3 Å². The molecule has 0 amide bonds. The zero-order valence-electron chi connectivity index (χ0n) is 9.26. The van der Waals surface area contributed by atoms with Crippen LogP contribution >= 0.6 is 0 Å². The Morgan fingerprint density at radius 3 is 2.58 bits per heavy atom. The molecule has 1 heterocycles. The highest BCUT2D eigenvalue weighted by Gasteiger charge is 2.40. The average Bonchev–Trinajstić information content (AvgIpc) is 2.35. The summed E-state index contributed by atoms with van der Waals surface area (Å²) < 4.78 is 37.6. The minimum absolute atomic E-state index is 0.0958. The summed E-state index contributed by atoms with van der Waals surface area (Å²) in [6, 6.07) is 4.39. The van der Waals surface area contributed by atoms with E-state index >= 15 is 0 Å². The predicted molar refractivity (Wildman–Crippen MR) is 59.4 cm³/mol. The third-order valence-electron chi connectivity index (χ3n) is 2.58. The van der Waals surface area contributed by atoms with Crippen molar-refractivity contribution in [2.24, 2.45) is 0 Å². The zero-order valence-corrected chi connectivity index (χ0v) is 9.26. The molecule has 1 atom stereocenters. The lowest BCUT2D eigenvalue weighted by atomic mass is 10.0. The van der Waals surface area contributed by atoms with E-state index in [1.165, 1.54) is 18.3 Å². The molecule has 100 valence electrons. The predicted octanol–water partition coefficient (Wildman–Crippen LogP) is 2.74. The second-order valence-corrected chi connectivity index (χ2v) is 3.77. The van der Waals surface area contributed by atoms with Gasteiger partial charge in [0.25, 0.3) is 5.69 Å². The van der Waals surface area contributed by atoms with E-state index in [9.17, 15) is 28.4 Å². The second kappa shape index (κ2) is 4.47. The van der Waals surface area contributed by atoms with Crippen LogP contribution in [0.3, 0.4) is 0 Å². The van der Waals surface area contributed by atoms with Crippen LogP contribution in [0.2, 0.25) is 0 Å². The summed E-state index contributed by atoms with van der Waals surface area (Å²) in [6.45, 7) is 0. The summed E-state index contributed by atoms with van der Waals surface area (Å²) in [7, 11) is 0. The SMILES string of the molecule is O=[N+]([O-])c1ccc(C(O)C(F)(F)F)c2cccnc12. The lowest BCUT2D eigenvalue weighted by Crippen LogP contribution is -2.20. The van der Waals surface area contributed by atoms with Crippen molar-refractivity contribution in [3.63, 3.8) is 0 Å². The van der Waals surface area contributed by atoms with Crippen LogP contribution in [0.25, 0.3) is 10.9 Å². The van der Waals surface area contributed by atoms with Crippen molar-refractivity contribution < 1.29 is 23.2 Å². The van der Waals surface area contributed by atoms with E-state index in [0.29, 0.717) is 0 Å². The van der Waals surface area contributed by atoms with Gasteiger partial charge in [-0.3, -0.25) is 10.1 Å². The molecule has 0 fully saturated rings. The third-order valence-corrected chi connectivity index (χ3v) is 2.58. The molecule has 19 heavy (non-hydrogen) atoms. The summed E-state index contributed by atoms with van der Waals surface area (Å²) in [5.41, 5.74) is -1.05. The van der Waals surface area contributed by atoms with E-state index in [0.717, 1.165) is 12.1 Å². The summed E-state index contributed by atoms with van der Waals surface area (Å²) in [5.74, 6) is 0. The largest absolute Gasteiger partial charge is 0.418 e. The van der Waals surface area contributed by atoms with Gasteiger partial charge in [0.15, 0.2) is 6.10 Å². The zero-order chi connectivity index (χ0) is 14.2. The average molecular weight is 272 g/mol. The van der Waals surface area contributed by atoms with Crippen molar-refractivity contribution in [1.82, 2.24) is 4.98 Å². The first-order valence-electron chi connectivity index (χ1n) is 5.09. The topological polar surface area (TPSA) is 76.3 Å². The molecule has 0 saturated carbocycles. The summed E-state index contributed by atoms with van der Waals surface area (Å²) in [5, 5.41) is 19.9. The molecule has 2 aromatic rings. The van der Waals surface area contributed by atoms with Gasteiger partial charge < -0.3 is 5.11 Å². The molecule has 0 bridgehead atoms. The van der Waals surface area contributed by atoms with Crippen molar-refractivity contribution in [1.29, 1.82) is 0 Å². The Kier molecular flexibility index (Phi) is 3.11. The van der Waals surface area contributed by atoms with Crippen molar-refractivity contribution >= 4 is 16.6 Å². The second-order valence-electron chi connectivity index (χ2n) is 3.77. The van der Waals surface area contributed by atoms with E-state index < -0.39 is 28.5 Å². The number of halogens is 3. The minimum atomic E-state index is -4.85. The van der Waals surface area contributed by atoms with Crippen LogP contribution in [-0.4, -0.2) is 21.2 Å². The highest BCUT2D eigenvalue weighted by molar-refractivity contribution is 5.90. The number of fused-ring (bicyclic) bond motifs is 1. The quantitative estimate of drug-likeness (QED) is 0.673. The number of pyridine rings is 1. The highest BCUT2D eigenvalue weighted by Crippen LogP contribution is 2.37. The minimum Gasteiger partial charge on any atom is -0.379 e. The number of benzene rings is 1. The Bertz CT molecular complexity index is 643. The Morgan fingerprint density at radius 2 is 2.00 bits per heavy atom. The molecule has 0 aliphatic heterocycles. The monoisotopic (exact) mass is 272 g/mol. The lowest BCUT2D eigenvalue weighted by molar-refractivity contribution is -0.383. The maximum absolute atomic E-state index is 12.5. The fraction of sp³-hybridized carbons (Fsp3) is 0.182. The number of alkyl halides is 3. The van der Waals surface area contributed by atoms with E-state index in [1.807, 2.05) is 0 Å². The molecule has 1 aromatic carbocycles. The number of rotatable bonds is 2. The normalized spacial score (nSPS) is 13.5. The molecule has 0 aliphatic carbocycles. The van der Waals surface area contributed by atoms with Crippen LogP contribution in [0, 0.1) is 10.1 Å². The molecule has 8 heteroatoms. The number of nitro benzene ring substituents is 1. The van der Waals surface area contributed by atoms with E-state index in [-0.39, 0.29) is 10.9 Å². The van der Waals surface area contributed by atoms with Gasteiger partial charge in [0.1, 0.15) is 5.52 Å².